The van der Waals surface area contributed by atoms with E-state index in [1.54, 1.807) is 6.07 Å². The van der Waals surface area contributed by atoms with Crippen molar-refractivity contribution < 1.29 is 8.42 Å². The Balaban J connectivity index is 2.53. The van der Waals surface area contributed by atoms with Gasteiger partial charge in [-0.3, -0.25) is 0 Å². The van der Waals surface area contributed by atoms with E-state index in [4.69, 9.17) is 5.73 Å². The second-order valence-electron chi connectivity index (χ2n) is 4.89. The maximum Gasteiger partial charge on any atom is 0.182 e. The topological polar surface area (TPSA) is 63.4 Å². The fourth-order valence-electron chi connectivity index (χ4n) is 2.56. The van der Waals surface area contributed by atoms with E-state index in [2.05, 4.69) is 4.90 Å². The van der Waals surface area contributed by atoms with Crippen LogP contribution in [-0.4, -0.2) is 33.3 Å². The largest absolute Gasteiger partial charge is 0.366 e. The number of hydrogen-bond acceptors (Lipinski definition) is 4. The van der Waals surface area contributed by atoms with Gasteiger partial charge < -0.3 is 10.6 Å². The van der Waals surface area contributed by atoms with Gasteiger partial charge in [-0.05, 0) is 38.4 Å². The molecule has 0 bridgehead atoms. The number of anilines is 1. The van der Waals surface area contributed by atoms with Gasteiger partial charge in [0.1, 0.15) is 0 Å². The molecule has 1 aromatic carbocycles. The molecule has 1 aliphatic rings. The van der Waals surface area contributed by atoms with Gasteiger partial charge in [-0.25, -0.2) is 8.42 Å². The molecule has 1 aromatic rings. The number of hydrogen-bond donors (Lipinski definition) is 1. The van der Waals surface area contributed by atoms with Crippen LogP contribution in [0.4, 0.5) is 5.69 Å². The van der Waals surface area contributed by atoms with Crippen LogP contribution in [0.1, 0.15) is 18.9 Å². The first-order valence-corrected chi connectivity index (χ1v) is 7.91. The van der Waals surface area contributed by atoms with Crippen LogP contribution in [0, 0.1) is 6.92 Å². The van der Waals surface area contributed by atoms with Crippen LogP contribution < -0.4 is 10.6 Å². The van der Waals surface area contributed by atoms with Gasteiger partial charge in [-0.1, -0.05) is 12.1 Å². The number of aryl methyl sites for hydroxylation is 1. The van der Waals surface area contributed by atoms with Crippen molar-refractivity contribution in [1.82, 2.24) is 0 Å². The zero-order chi connectivity index (χ0) is 13.3. The first kappa shape index (κ1) is 13.4. The molecule has 1 unspecified atom stereocenters. The van der Waals surface area contributed by atoms with Crippen molar-refractivity contribution in [2.75, 3.05) is 23.7 Å². The summed E-state index contributed by atoms with van der Waals surface area (Å²) in [6.07, 6.45) is 0.873. The molecule has 0 aliphatic carbocycles. The van der Waals surface area contributed by atoms with Crippen LogP contribution in [0.5, 0.6) is 0 Å². The third kappa shape index (κ3) is 2.24. The summed E-state index contributed by atoms with van der Waals surface area (Å²) in [6.45, 7) is 5.35. The minimum Gasteiger partial charge on any atom is -0.366 e. The average Bonchev–Trinajstić information content (AvgIpc) is 2.29. The highest BCUT2D eigenvalue weighted by Gasteiger charge is 2.33. The smallest absolute Gasteiger partial charge is 0.182 e. The molecule has 0 spiro atoms. The Morgan fingerprint density at radius 2 is 2.17 bits per heavy atom. The third-order valence-electron chi connectivity index (χ3n) is 3.42. The highest BCUT2D eigenvalue weighted by Crippen LogP contribution is 2.35. The fraction of sp³-hybridized carbons (Fsp3) is 0.538. The maximum absolute atomic E-state index is 12.2. The van der Waals surface area contributed by atoms with Gasteiger partial charge in [0.15, 0.2) is 9.84 Å². The molecule has 0 saturated heterocycles. The molecular weight excluding hydrogens is 248 g/mol. The average molecular weight is 268 g/mol. The Hall–Kier alpha value is -1.07. The van der Waals surface area contributed by atoms with E-state index < -0.39 is 9.84 Å². The van der Waals surface area contributed by atoms with Gasteiger partial charge in [-0.15, -0.1) is 0 Å². The molecule has 2 N–H and O–H groups in total. The summed E-state index contributed by atoms with van der Waals surface area (Å²) in [5.41, 5.74) is 7.44. The molecule has 18 heavy (non-hydrogen) atoms. The summed E-state index contributed by atoms with van der Waals surface area (Å²) in [6, 6.07) is 5.49. The predicted molar refractivity (Wildman–Crippen MR) is 73.7 cm³/mol. The van der Waals surface area contributed by atoms with Crippen molar-refractivity contribution >= 4 is 15.5 Å². The van der Waals surface area contributed by atoms with Crippen molar-refractivity contribution in [1.29, 1.82) is 0 Å². The number of nitrogens with two attached hydrogens (primary N) is 1. The van der Waals surface area contributed by atoms with Crippen LogP contribution in [0.15, 0.2) is 23.1 Å². The summed E-state index contributed by atoms with van der Waals surface area (Å²) in [4.78, 5) is 2.65. The first-order valence-electron chi connectivity index (χ1n) is 6.26. The standard InChI is InChI=1S/C13H20N2O2S/c1-10-5-3-6-12-13(10)15(8-4-7-14)11(2)9-18(12,16)17/h3,5-6,11H,4,7-9,14H2,1-2H3. The van der Waals surface area contributed by atoms with Gasteiger partial charge in [0.25, 0.3) is 0 Å². The summed E-state index contributed by atoms with van der Waals surface area (Å²) in [7, 11) is -3.14. The van der Waals surface area contributed by atoms with Crippen molar-refractivity contribution in [3.05, 3.63) is 23.8 Å². The van der Waals surface area contributed by atoms with E-state index in [9.17, 15) is 8.42 Å². The number of sulfone groups is 1. The van der Waals surface area contributed by atoms with Gasteiger partial charge in [0.05, 0.1) is 16.3 Å². The fourth-order valence-corrected chi connectivity index (χ4v) is 4.42. The van der Waals surface area contributed by atoms with Crippen molar-refractivity contribution in [3.8, 4) is 0 Å². The van der Waals surface area contributed by atoms with E-state index in [0.29, 0.717) is 11.4 Å². The highest BCUT2D eigenvalue weighted by molar-refractivity contribution is 7.91. The molecule has 0 amide bonds. The minimum atomic E-state index is -3.14. The Labute approximate surface area is 109 Å². The molecule has 1 atom stereocenters. The zero-order valence-electron chi connectivity index (χ0n) is 10.9. The van der Waals surface area contributed by atoms with Crippen molar-refractivity contribution in [2.24, 2.45) is 5.73 Å². The Morgan fingerprint density at radius 3 is 2.83 bits per heavy atom. The van der Waals surface area contributed by atoms with E-state index in [1.165, 1.54) is 0 Å². The van der Waals surface area contributed by atoms with Crippen molar-refractivity contribution in [3.63, 3.8) is 0 Å². The summed E-state index contributed by atoms with van der Waals surface area (Å²) in [5, 5.41) is 0. The molecular formula is C13H20N2O2S. The van der Waals surface area contributed by atoms with E-state index in [0.717, 1.165) is 24.2 Å². The zero-order valence-corrected chi connectivity index (χ0v) is 11.7. The summed E-state index contributed by atoms with van der Waals surface area (Å²) in [5.74, 6) is 0.189. The molecule has 100 valence electrons. The van der Waals surface area contributed by atoms with E-state index >= 15 is 0 Å². The Morgan fingerprint density at radius 1 is 1.44 bits per heavy atom. The van der Waals surface area contributed by atoms with Gasteiger partial charge in [0.2, 0.25) is 0 Å². The lowest BCUT2D eigenvalue weighted by molar-refractivity contribution is 0.568. The minimum absolute atomic E-state index is 0.00940. The van der Waals surface area contributed by atoms with Crippen molar-refractivity contribution in [2.45, 2.75) is 31.2 Å². The van der Waals surface area contributed by atoms with Gasteiger partial charge >= 0.3 is 0 Å². The van der Waals surface area contributed by atoms with E-state index in [1.807, 2.05) is 26.0 Å². The number of para-hydroxylation sites is 1. The van der Waals surface area contributed by atoms with Crippen LogP contribution >= 0.6 is 0 Å². The van der Waals surface area contributed by atoms with Crippen LogP contribution in [0.3, 0.4) is 0 Å². The predicted octanol–water partition coefficient (Wildman–Crippen LogP) is 1.33. The molecule has 0 radical (unpaired) electrons. The van der Waals surface area contributed by atoms with Crippen LogP contribution in [-0.2, 0) is 9.84 Å². The molecule has 1 aliphatic heterocycles. The van der Waals surface area contributed by atoms with Crippen LogP contribution in [0.25, 0.3) is 0 Å². The molecule has 1 heterocycles. The molecule has 2 rings (SSSR count). The molecule has 5 heteroatoms. The summed E-state index contributed by atoms with van der Waals surface area (Å²) < 4.78 is 24.4. The van der Waals surface area contributed by atoms with Crippen LogP contribution in [0.2, 0.25) is 0 Å². The summed E-state index contributed by atoms with van der Waals surface area (Å²) >= 11 is 0. The quantitative estimate of drug-likeness (QED) is 0.898. The second kappa shape index (κ2) is 4.90. The number of benzene rings is 1. The lowest BCUT2D eigenvalue weighted by Gasteiger charge is -2.37. The molecule has 0 fully saturated rings. The first-order chi connectivity index (χ1) is 8.47. The second-order valence-corrected chi connectivity index (χ2v) is 6.89. The van der Waals surface area contributed by atoms with E-state index in [-0.39, 0.29) is 11.8 Å². The molecule has 0 aromatic heterocycles. The lowest BCUT2D eigenvalue weighted by Crippen LogP contribution is -2.44. The maximum atomic E-state index is 12.2. The normalized spacial score (nSPS) is 21.7. The number of nitrogens with zero attached hydrogens (tertiary/aromatic N) is 1. The Kier molecular flexibility index (Phi) is 3.64. The Bertz CT molecular complexity index is 540. The lowest BCUT2D eigenvalue weighted by atomic mass is 10.1. The number of fused-ring (bicyclic) bond motifs is 1. The van der Waals surface area contributed by atoms with Gasteiger partial charge in [0, 0.05) is 12.6 Å². The molecule has 0 saturated carbocycles. The van der Waals surface area contributed by atoms with Gasteiger partial charge in [-0.2, -0.15) is 0 Å². The monoisotopic (exact) mass is 268 g/mol. The number of rotatable bonds is 3. The SMILES string of the molecule is Cc1cccc2c1N(CCCN)C(C)CS2(=O)=O. The third-order valence-corrected chi connectivity index (χ3v) is 5.34. The highest BCUT2D eigenvalue weighted by atomic mass is 32.2. The molecule has 4 nitrogen and oxygen atoms in total.